The molecule has 1 amide bonds. The van der Waals surface area contributed by atoms with Gasteiger partial charge in [-0.05, 0) is 31.9 Å². The highest BCUT2D eigenvalue weighted by Crippen LogP contribution is 2.18. The highest BCUT2D eigenvalue weighted by Gasteiger charge is 2.26. The largest absolute Gasteiger partial charge is 0.496 e. The Morgan fingerprint density at radius 2 is 2.04 bits per heavy atom. The minimum Gasteiger partial charge on any atom is -0.496 e. The topological polar surface area (TPSA) is 56.4 Å². The third kappa shape index (κ3) is 5.43. The van der Waals surface area contributed by atoms with Gasteiger partial charge in [-0.1, -0.05) is 11.6 Å². The molecule has 0 bridgehead atoms. The van der Waals surface area contributed by atoms with Crippen molar-refractivity contribution in [1.82, 2.24) is 5.32 Å². The summed E-state index contributed by atoms with van der Waals surface area (Å²) in [5, 5.41) is 3.04. The summed E-state index contributed by atoms with van der Waals surface area (Å²) >= 11 is 0. The number of nitrogens with one attached hydrogen (secondary N) is 3. The Bertz CT molecular complexity index is 594. The summed E-state index contributed by atoms with van der Waals surface area (Å²) in [4.78, 5) is 15.1. The van der Waals surface area contributed by atoms with Crippen LogP contribution in [0.3, 0.4) is 0 Å². The zero-order valence-corrected chi connectivity index (χ0v) is 16.1. The summed E-state index contributed by atoms with van der Waals surface area (Å²) in [5.74, 6) is 1.13. The Hall–Kier alpha value is -1.63. The first-order valence-corrected chi connectivity index (χ1v) is 9.83. The Morgan fingerprint density at radius 1 is 1.27 bits per heavy atom. The number of amides is 1. The molecule has 3 N–H and O–H groups in total. The maximum absolute atomic E-state index is 12.2. The standard InChI is InChI=1S/C20H31N3O3/c1-16-5-6-19(25-2)17(12-16)14-22-7-9-23(10-8-22)15-20(24)21-13-18-4-3-11-26-18/h5-6,12,18H,3-4,7-11,13-15H2,1-2H3,(H,21,24)/p+2/t18-/m0/s1. The van der Waals surface area contributed by atoms with Crippen LogP contribution in [-0.4, -0.2) is 65.0 Å². The third-order valence-corrected chi connectivity index (χ3v) is 5.50. The van der Waals surface area contributed by atoms with Gasteiger partial charge in [-0.3, -0.25) is 4.79 Å². The van der Waals surface area contributed by atoms with Crippen LogP contribution in [0.2, 0.25) is 0 Å². The van der Waals surface area contributed by atoms with E-state index >= 15 is 0 Å². The minimum absolute atomic E-state index is 0.152. The molecule has 26 heavy (non-hydrogen) atoms. The van der Waals surface area contributed by atoms with E-state index in [1.54, 1.807) is 12.0 Å². The second-order valence-corrected chi connectivity index (χ2v) is 7.61. The van der Waals surface area contributed by atoms with Crippen LogP contribution in [0, 0.1) is 6.92 Å². The molecule has 6 nitrogen and oxygen atoms in total. The lowest BCUT2D eigenvalue weighted by molar-refractivity contribution is -1.02. The maximum Gasteiger partial charge on any atom is 0.275 e. The summed E-state index contributed by atoms with van der Waals surface area (Å²) < 4.78 is 11.1. The van der Waals surface area contributed by atoms with E-state index in [0.29, 0.717) is 13.1 Å². The third-order valence-electron chi connectivity index (χ3n) is 5.50. The SMILES string of the molecule is COc1ccc(C)cc1C[NH+]1CC[NH+](CC(=O)NC[C@@H]2CCCO2)CC1. The van der Waals surface area contributed by atoms with E-state index in [1.165, 1.54) is 16.0 Å². The van der Waals surface area contributed by atoms with E-state index in [9.17, 15) is 4.79 Å². The summed E-state index contributed by atoms with van der Waals surface area (Å²) in [7, 11) is 1.74. The van der Waals surface area contributed by atoms with Crippen molar-refractivity contribution in [2.24, 2.45) is 0 Å². The predicted molar refractivity (Wildman–Crippen MR) is 99.7 cm³/mol. The summed E-state index contributed by atoms with van der Waals surface area (Å²) in [6, 6.07) is 6.38. The molecule has 0 unspecified atom stereocenters. The average molecular weight is 364 g/mol. The molecule has 6 heteroatoms. The van der Waals surface area contributed by atoms with Crippen molar-refractivity contribution in [2.45, 2.75) is 32.4 Å². The van der Waals surface area contributed by atoms with Gasteiger partial charge >= 0.3 is 0 Å². The molecule has 0 radical (unpaired) electrons. The lowest BCUT2D eigenvalue weighted by atomic mass is 10.1. The van der Waals surface area contributed by atoms with Crippen LogP contribution in [0.4, 0.5) is 0 Å². The van der Waals surface area contributed by atoms with Gasteiger partial charge in [0.15, 0.2) is 6.54 Å². The molecule has 2 heterocycles. The van der Waals surface area contributed by atoms with E-state index in [4.69, 9.17) is 9.47 Å². The zero-order valence-electron chi connectivity index (χ0n) is 16.1. The van der Waals surface area contributed by atoms with Crippen LogP contribution in [0.25, 0.3) is 0 Å². The number of methoxy groups -OCH3 is 1. The van der Waals surface area contributed by atoms with E-state index < -0.39 is 0 Å². The van der Waals surface area contributed by atoms with Gasteiger partial charge in [0.05, 0.1) is 13.2 Å². The number of quaternary nitrogens is 2. The highest BCUT2D eigenvalue weighted by atomic mass is 16.5. The van der Waals surface area contributed by atoms with Crippen molar-refractivity contribution < 1.29 is 24.1 Å². The van der Waals surface area contributed by atoms with Gasteiger partial charge in [0.1, 0.15) is 38.5 Å². The number of carbonyl (C=O) groups is 1. The molecule has 1 aromatic rings. The fourth-order valence-electron chi connectivity index (χ4n) is 3.95. The average Bonchev–Trinajstić information content (AvgIpc) is 3.15. The molecule has 2 aliphatic rings. The molecular formula is C20H33N3O3+2. The number of hydrogen-bond donors (Lipinski definition) is 3. The van der Waals surface area contributed by atoms with E-state index in [1.807, 2.05) is 0 Å². The summed E-state index contributed by atoms with van der Waals surface area (Å²) in [5.41, 5.74) is 2.55. The van der Waals surface area contributed by atoms with Crippen LogP contribution in [0.15, 0.2) is 18.2 Å². The number of rotatable bonds is 7. The van der Waals surface area contributed by atoms with Gasteiger partial charge in [-0.25, -0.2) is 0 Å². The smallest absolute Gasteiger partial charge is 0.275 e. The molecule has 2 saturated heterocycles. The Balaban J connectivity index is 1.40. The molecule has 0 aromatic heterocycles. The Labute approximate surface area is 156 Å². The minimum atomic E-state index is 0.152. The number of carbonyl (C=O) groups excluding carboxylic acids is 1. The lowest BCUT2D eigenvalue weighted by Crippen LogP contribution is -3.28. The van der Waals surface area contributed by atoms with Crippen molar-refractivity contribution >= 4 is 5.91 Å². The normalized spacial score (nSPS) is 25.8. The van der Waals surface area contributed by atoms with Gasteiger partial charge in [0.25, 0.3) is 5.91 Å². The van der Waals surface area contributed by atoms with Gasteiger partial charge in [0, 0.05) is 18.7 Å². The Morgan fingerprint density at radius 3 is 2.73 bits per heavy atom. The van der Waals surface area contributed by atoms with Crippen LogP contribution < -0.4 is 19.9 Å². The van der Waals surface area contributed by atoms with Crippen LogP contribution in [0.1, 0.15) is 24.0 Å². The molecule has 0 saturated carbocycles. The maximum atomic E-state index is 12.2. The van der Waals surface area contributed by atoms with Crippen molar-refractivity contribution in [3.63, 3.8) is 0 Å². The first-order chi connectivity index (χ1) is 12.6. The molecule has 1 atom stereocenters. The predicted octanol–water partition coefficient (Wildman–Crippen LogP) is -1.42. The molecule has 144 valence electrons. The number of ether oxygens (including phenoxy) is 2. The second kappa shape index (κ2) is 9.35. The quantitative estimate of drug-likeness (QED) is 0.558. The first kappa shape index (κ1) is 19.1. The number of piperazine rings is 1. The lowest BCUT2D eigenvalue weighted by Gasteiger charge is -2.29. The molecule has 0 aliphatic carbocycles. The summed E-state index contributed by atoms with van der Waals surface area (Å²) in [6.45, 7) is 9.44. The number of hydrogen-bond acceptors (Lipinski definition) is 3. The van der Waals surface area contributed by atoms with E-state index in [2.05, 4.69) is 30.4 Å². The van der Waals surface area contributed by atoms with Gasteiger partial charge in [-0.2, -0.15) is 0 Å². The van der Waals surface area contributed by atoms with Crippen molar-refractivity contribution in [3.8, 4) is 5.75 Å². The molecule has 1 aromatic carbocycles. The van der Waals surface area contributed by atoms with Crippen LogP contribution in [-0.2, 0) is 16.1 Å². The van der Waals surface area contributed by atoms with E-state index in [-0.39, 0.29) is 12.0 Å². The molecule has 0 spiro atoms. The van der Waals surface area contributed by atoms with Gasteiger partial charge in [0.2, 0.25) is 0 Å². The molecule has 2 aliphatic heterocycles. The van der Waals surface area contributed by atoms with Crippen LogP contribution in [0.5, 0.6) is 5.75 Å². The molecule has 3 rings (SSSR count). The first-order valence-electron chi connectivity index (χ1n) is 9.83. The second-order valence-electron chi connectivity index (χ2n) is 7.61. The van der Waals surface area contributed by atoms with Gasteiger partial charge < -0.3 is 24.6 Å². The fourth-order valence-corrected chi connectivity index (χ4v) is 3.95. The fraction of sp³-hybridized carbons (Fsp3) is 0.650. The molecular weight excluding hydrogens is 330 g/mol. The van der Waals surface area contributed by atoms with Crippen molar-refractivity contribution in [2.75, 3.05) is 53.0 Å². The van der Waals surface area contributed by atoms with Crippen molar-refractivity contribution in [3.05, 3.63) is 29.3 Å². The van der Waals surface area contributed by atoms with Crippen molar-refractivity contribution in [1.29, 1.82) is 0 Å². The summed E-state index contributed by atoms with van der Waals surface area (Å²) in [6.07, 6.45) is 2.40. The highest BCUT2D eigenvalue weighted by molar-refractivity contribution is 5.76. The van der Waals surface area contributed by atoms with Crippen LogP contribution >= 0.6 is 0 Å². The number of aryl methyl sites for hydroxylation is 1. The number of benzene rings is 1. The van der Waals surface area contributed by atoms with E-state index in [0.717, 1.165) is 57.9 Å². The van der Waals surface area contributed by atoms with Gasteiger partial charge in [-0.15, -0.1) is 0 Å². The Kier molecular flexibility index (Phi) is 6.88. The molecule has 2 fully saturated rings. The monoisotopic (exact) mass is 363 g/mol. The zero-order chi connectivity index (χ0) is 18.4.